The van der Waals surface area contributed by atoms with Gasteiger partial charge in [-0.15, -0.1) is 35.5 Å². The normalized spacial score (nSPS) is 17.2. The van der Waals surface area contributed by atoms with E-state index in [1.165, 1.54) is 39.8 Å². The molecule has 12 nitrogen and oxygen atoms in total. The van der Waals surface area contributed by atoms with Crippen molar-refractivity contribution in [2.24, 2.45) is 5.73 Å². The molecule has 2 atom stereocenters. The van der Waals surface area contributed by atoms with E-state index in [-0.39, 0.29) is 47.5 Å². The summed E-state index contributed by atoms with van der Waals surface area (Å²) >= 11 is 10.2. The Morgan fingerprint density at radius 2 is 1.91 bits per heavy atom. The minimum atomic E-state index is -0.738. The number of pyridine rings is 1. The van der Waals surface area contributed by atoms with E-state index < -0.39 is 16.7 Å². The van der Waals surface area contributed by atoms with Gasteiger partial charge in [-0.3, -0.25) is 29.5 Å². The smallest absolute Gasteiger partial charge is 0.269 e. The number of nitrogens with two attached hydrogens (primary N) is 1. The van der Waals surface area contributed by atoms with Crippen LogP contribution < -0.4 is 26.3 Å². The molecule has 0 radical (unpaired) electrons. The van der Waals surface area contributed by atoms with Crippen molar-refractivity contribution in [3.63, 3.8) is 0 Å². The number of carbonyl (C=O) groups excluding carboxylic acids is 4. The molecule has 6 N–H and O–H groups in total. The summed E-state index contributed by atoms with van der Waals surface area (Å²) in [6.45, 7) is 1.40. The largest absolute Gasteiger partial charge is 0.370 e. The Hall–Kier alpha value is -3.63. The van der Waals surface area contributed by atoms with Crippen LogP contribution in [0.1, 0.15) is 16.8 Å². The van der Waals surface area contributed by atoms with Gasteiger partial charge in [0.2, 0.25) is 5.91 Å². The highest BCUT2D eigenvalue weighted by Crippen LogP contribution is 2.41. The van der Waals surface area contributed by atoms with E-state index in [0.29, 0.717) is 42.9 Å². The third-order valence-corrected chi connectivity index (χ3v) is 10.5. The molecule has 0 aliphatic carbocycles. The number of allylic oxidation sites excluding steroid dienone is 3. The van der Waals surface area contributed by atoms with E-state index in [2.05, 4.69) is 20.9 Å². The Morgan fingerprint density at radius 1 is 1.17 bits per heavy atom. The third kappa shape index (κ3) is 8.59. The molecule has 3 aromatic rings. The summed E-state index contributed by atoms with van der Waals surface area (Å²) in [5.41, 5.74) is 7.38. The SMILES string of the molecule is Cl.N=C(N)NCCCNC(=O)c1cc[n+](C/C=C/C2=C(C(=O)Cl)N3C(=O)[C@@H](NC(=O)CSc4nc5ccccc5s4)[C@H]3SC2)cc1. The fourth-order valence-corrected chi connectivity index (χ4v) is 8.08. The number of rotatable bonds is 13. The Morgan fingerprint density at radius 3 is 2.63 bits per heavy atom. The maximum absolute atomic E-state index is 13.0. The summed E-state index contributed by atoms with van der Waals surface area (Å²) in [6.07, 6.45) is 7.79. The van der Waals surface area contributed by atoms with Crippen molar-refractivity contribution in [2.45, 2.75) is 28.7 Å². The summed E-state index contributed by atoms with van der Waals surface area (Å²) < 4.78 is 3.68. The quantitative estimate of drug-likeness (QED) is 0.0338. The maximum atomic E-state index is 13.0. The molecule has 0 saturated carbocycles. The molecule has 46 heavy (non-hydrogen) atoms. The van der Waals surface area contributed by atoms with Gasteiger partial charge in [-0.25, -0.2) is 9.55 Å². The number of β-lactam (4-membered cyclic amide) rings is 1. The van der Waals surface area contributed by atoms with Gasteiger partial charge in [0.05, 0.1) is 21.5 Å². The van der Waals surface area contributed by atoms with E-state index in [1.54, 1.807) is 30.6 Å². The van der Waals surface area contributed by atoms with E-state index in [9.17, 15) is 19.2 Å². The molecule has 1 fully saturated rings. The molecule has 3 amide bonds. The first kappa shape index (κ1) is 35.2. The number of carbonyl (C=O) groups is 4. The number of thiazole rings is 1. The molecule has 0 spiro atoms. The minimum Gasteiger partial charge on any atom is -0.370 e. The summed E-state index contributed by atoms with van der Waals surface area (Å²) in [5.74, 6) is -0.405. The average Bonchev–Trinajstić information content (AvgIpc) is 3.45. The number of hydrogen-bond acceptors (Lipinski definition) is 9. The van der Waals surface area contributed by atoms with Gasteiger partial charge in [0.25, 0.3) is 17.1 Å². The van der Waals surface area contributed by atoms with Crippen LogP contribution in [0.4, 0.5) is 0 Å². The number of nitrogens with zero attached hydrogens (tertiary/aromatic N) is 3. The standard InChI is InChI=1S/C29H29ClN8O4S3.ClH/c30-24(40)23-18(5-3-12-37-13-8-17(9-14-37)25(41)33-10-4-11-34-28(31)32)15-43-27-22(26(42)38(23)27)36-21(39)16-44-29-35-19-6-1-2-7-20(19)45-29;/h1-3,5-9,13-14,22,27H,4,10-12,15-16H2,(H5-,31,32,33,34,36,39,41);1H/p+1/b5-3+;/t22-,27-;/m1./s1. The highest BCUT2D eigenvalue weighted by Gasteiger charge is 2.53. The van der Waals surface area contributed by atoms with Crippen LogP contribution in [-0.2, 0) is 20.9 Å². The second-order valence-corrected chi connectivity index (χ2v) is 13.7. The molecule has 2 aliphatic rings. The molecule has 0 bridgehead atoms. The number of para-hydroxylation sites is 1. The fraction of sp³-hybridized carbons (Fsp3) is 0.276. The van der Waals surface area contributed by atoms with Crippen molar-refractivity contribution in [3.05, 3.63) is 77.8 Å². The number of aromatic nitrogens is 2. The van der Waals surface area contributed by atoms with Crippen molar-refractivity contribution in [3.8, 4) is 0 Å². The second-order valence-electron chi connectivity index (χ2n) is 9.97. The molecular weight excluding hydrogens is 691 g/mol. The Kier molecular flexibility index (Phi) is 12.5. The van der Waals surface area contributed by atoms with E-state index >= 15 is 0 Å². The Balaban J connectivity index is 0.00000480. The van der Waals surface area contributed by atoms with Gasteiger partial charge in [-0.1, -0.05) is 30.0 Å². The first-order chi connectivity index (χ1) is 21.7. The molecule has 0 unspecified atom stereocenters. The molecular formula is C29H31Cl2N8O4S3+. The highest BCUT2D eigenvalue weighted by atomic mass is 35.5. The van der Waals surface area contributed by atoms with Gasteiger partial charge in [0, 0.05) is 31.0 Å². The molecule has 242 valence electrons. The number of thioether (sulfide) groups is 2. The van der Waals surface area contributed by atoms with Gasteiger partial charge in [0.15, 0.2) is 29.2 Å². The van der Waals surface area contributed by atoms with E-state index in [1.807, 2.05) is 34.9 Å². The lowest BCUT2D eigenvalue weighted by Crippen LogP contribution is -2.70. The van der Waals surface area contributed by atoms with Crippen LogP contribution in [0.2, 0.25) is 0 Å². The molecule has 1 saturated heterocycles. The zero-order valence-electron chi connectivity index (χ0n) is 24.2. The molecule has 1 aromatic carbocycles. The van der Waals surface area contributed by atoms with Gasteiger partial charge in [-0.2, -0.15) is 0 Å². The van der Waals surface area contributed by atoms with Crippen LogP contribution in [0, 0.1) is 5.41 Å². The summed E-state index contributed by atoms with van der Waals surface area (Å²) in [5, 5.41) is 14.3. The van der Waals surface area contributed by atoms with Crippen LogP contribution in [0.15, 0.2) is 76.6 Å². The number of benzene rings is 1. The van der Waals surface area contributed by atoms with Crippen LogP contribution in [-0.4, -0.2) is 74.8 Å². The van der Waals surface area contributed by atoms with Crippen molar-refractivity contribution in [1.82, 2.24) is 25.8 Å². The zero-order chi connectivity index (χ0) is 31.9. The molecule has 2 aromatic heterocycles. The lowest BCUT2D eigenvalue weighted by Gasteiger charge is -2.49. The van der Waals surface area contributed by atoms with Gasteiger partial charge >= 0.3 is 0 Å². The fourth-order valence-electron chi connectivity index (χ4n) is 4.67. The lowest BCUT2D eigenvalue weighted by atomic mass is 10.0. The Labute approximate surface area is 288 Å². The van der Waals surface area contributed by atoms with Crippen molar-refractivity contribution >= 4 is 98.0 Å². The Bertz CT molecular complexity index is 1670. The zero-order valence-corrected chi connectivity index (χ0v) is 28.3. The van der Waals surface area contributed by atoms with Crippen LogP contribution in [0.3, 0.4) is 0 Å². The third-order valence-electron chi connectivity index (χ3n) is 6.84. The van der Waals surface area contributed by atoms with Crippen LogP contribution in [0.25, 0.3) is 10.2 Å². The predicted molar refractivity (Wildman–Crippen MR) is 183 cm³/mol. The van der Waals surface area contributed by atoms with Crippen molar-refractivity contribution in [1.29, 1.82) is 5.41 Å². The van der Waals surface area contributed by atoms with Crippen molar-refractivity contribution in [2.75, 3.05) is 24.6 Å². The number of guanidine groups is 1. The average molecular weight is 723 g/mol. The first-order valence-corrected chi connectivity index (χ1v) is 17.1. The van der Waals surface area contributed by atoms with Gasteiger partial charge < -0.3 is 21.7 Å². The molecule has 17 heteroatoms. The molecule has 5 rings (SSSR count). The summed E-state index contributed by atoms with van der Waals surface area (Å²) in [6, 6.07) is 10.4. The number of halogens is 2. The lowest BCUT2D eigenvalue weighted by molar-refractivity contribution is -0.687. The highest BCUT2D eigenvalue weighted by molar-refractivity contribution is 8.01. The second kappa shape index (κ2) is 16.3. The molecule has 4 heterocycles. The predicted octanol–water partition coefficient (Wildman–Crippen LogP) is 2.38. The minimum absolute atomic E-state index is 0. The van der Waals surface area contributed by atoms with E-state index in [0.717, 1.165) is 14.6 Å². The number of nitrogens with one attached hydrogen (secondary N) is 4. The monoisotopic (exact) mass is 721 g/mol. The van der Waals surface area contributed by atoms with Crippen LogP contribution >= 0.6 is 58.9 Å². The van der Waals surface area contributed by atoms with Gasteiger partial charge in [0.1, 0.15) is 17.1 Å². The van der Waals surface area contributed by atoms with Crippen LogP contribution in [0.5, 0.6) is 0 Å². The van der Waals surface area contributed by atoms with Gasteiger partial charge in [-0.05, 0) is 41.8 Å². The van der Waals surface area contributed by atoms with Crippen molar-refractivity contribution < 1.29 is 23.7 Å². The van der Waals surface area contributed by atoms with E-state index in [4.69, 9.17) is 22.7 Å². The summed E-state index contributed by atoms with van der Waals surface area (Å²) in [4.78, 5) is 56.3. The number of amides is 3. The number of hydrogen-bond donors (Lipinski definition) is 5. The first-order valence-electron chi connectivity index (χ1n) is 13.9. The number of fused-ring (bicyclic) bond motifs is 2. The topological polar surface area (TPSA) is 174 Å². The molecule has 2 aliphatic heterocycles. The summed E-state index contributed by atoms with van der Waals surface area (Å²) in [7, 11) is 0. The maximum Gasteiger partial charge on any atom is 0.269 e.